The number of ether oxygens (including phenoxy) is 2. The number of amides is 1. The highest BCUT2D eigenvalue weighted by Gasteiger charge is 2.34. The predicted octanol–water partition coefficient (Wildman–Crippen LogP) is 0.357. The van der Waals surface area contributed by atoms with Crippen molar-refractivity contribution in [2.45, 2.75) is 44.6 Å². The Morgan fingerprint density at radius 3 is 2.52 bits per heavy atom. The molecule has 1 fully saturated rings. The number of hydrogen-bond donors (Lipinski definition) is 1. The number of nitrogens with one attached hydrogen (secondary N) is 1. The van der Waals surface area contributed by atoms with E-state index in [2.05, 4.69) is 10.1 Å². The molecule has 7 heteroatoms. The second-order valence-electron chi connectivity index (χ2n) is 5.04. The molecule has 0 unspecified atom stereocenters. The second-order valence-corrected chi connectivity index (χ2v) is 5.04. The number of Topliss-reactive ketones (excluding diaryl/α,β-unsaturated/α-hetero) is 1. The van der Waals surface area contributed by atoms with Crippen molar-refractivity contribution in [3.05, 3.63) is 0 Å². The zero-order chi connectivity index (χ0) is 15.8. The summed E-state index contributed by atoms with van der Waals surface area (Å²) in [5.41, 5.74) is 0. The van der Waals surface area contributed by atoms with Gasteiger partial charge in [-0.3, -0.25) is 14.4 Å². The lowest BCUT2D eigenvalue weighted by Gasteiger charge is -2.28. The third kappa shape index (κ3) is 5.53. The smallest absolute Gasteiger partial charge is 0.328 e. The monoisotopic (exact) mass is 299 g/mol. The van der Waals surface area contributed by atoms with E-state index in [0.29, 0.717) is 19.3 Å². The summed E-state index contributed by atoms with van der Waals surface area (Å²) in [6.07, 6.45) is 2.04. The van der Waals surface area contributed by atoms with Gasteiger partial charge in [0, 0.05) is 19.3 Å². The van der Waals surface area contributed by atoms with Crippen LogP contribution in [-0.2, 0) is 28.7 Å². The third-order valence-corrected chi connectivity index (χ3v) is 3.55. The van der Waals surface area contributed by atoms with Gasteiger partial charge in [-0.15, -0.1) is 0 Å². The molecule has 1 saturated carbocycles. The highest BCUT2D eigenvalue weighted by atomic mass is 16.5. The first-order chi connectivity index (χ1) is 9.97. The van der Waals surface area contributed by atoms with Crippen molar-refractivity contribution in [3.63, 3.8) is 0 Å². The van der Waals surface area contributed by atoms with Gasteiger partial charge in [-0.2, -0.15) is 0 Å². The van der Waals surface area contributed by atoms with Crippen LogP contribution in [0.5, 0.6) is 0 Å². The lowest BCUT2D eigenvalue weighted by Crippen LogP contribution is -2.48. The van der Waals surface area contributed by atoms with Crippen LogP contribution in [-0.4, -0.2) is 43.9 Å². The fourth-order valence-corrected chi connectivity index (χ4v) is 2.40. The highest BCUT2D eigenvalue weighted by Crippen LogP contribution is 2.25. The molecular formula is C14H21NO6. The molecule has 0 aromatic heterocycles. The molecule has 1 N–H and O–H groups in total. The molecule has 1 aliphatic rings. The number of methoxy groups -OCH3 is 2. The maximum atomic E-state index is 11.8. The molecule has 0 bridgehead atoms. The lowest BCUT2D eigenvalue weighted by atomic mass is 9.83. The van der Waals surface area contributed by atoms with Crippen LogP contribution in [0.1, 0.15) is 38.5 Å². The maximum Gasteiger partial charge on any atom is 0.328 e. The third-order valence-electron chi connectivity index (χ3n) is 3.55. The van der Waals surface area contributed by atoms with Gasteiger partial charge in [0.25, 0.3) is 0 Å². The minimum absolute atomic E-state index is 0.0557. The normalized spacial score (nSPS) is 19.5. The average molecular weight is 299 g/mol. The molecular weight excluding hydrogens is 278 g/mol. The van der Waals surface area contributed by atoms with Crippen LogP contribution in [0.2, 0.25) is 0 Å². The Labute approximate surface area is 123 Å². The molecule has 0 aliphatic heterocycles. The van der Waals surface area contributed by atoms with Crippen molar-refractivity contribution < 1.29 is 28.7 Å². The number of rotatable bonds is 6. The van der Waals surface area contributed by atoms with Crippen LogP contribution in [0.15, 0.2) is 0 Å². The van der Waals surface area contributed by atoms with Gasteiger partial charge in [-0.05, 0) is 18.8 Å². The van der Waals surface area contributed by atoms with Crippen LogP contribution >= 0.6 is 0 Å². The summed E-state index contributed by atoms with van der Waals surface area (Å²) in [6.45, 7) is 0. The van der Waals surface area contributed by atoms with Crippen LogP contribution in [0.25, 0.3) is 0 Å². The summed E-state index contributed by atoms with van der Waals surface area (Å²) in [5.74, 6) is -1.66. The number of carbonyl (C=O) groups is 4. The Morgan fingerprint density at radius 1 is 1.24 bits per heavy atom. The van der Waals surface area contributed by atoms with Crippen molar-refractivity contribution in [2.75, 3.05) is 14.2 Å². The van der Waals surface area contributed by atoms with Crippen molar-refractivity contribution in [2.24, 2.45) is 5.92 Å². The number of esters is 2. The summed E-state index contributed by atoms with van der Waals surface area (Å²) in [7, 11) is 2.48. The summed E-state index contributed by atoms with van der Waals surface area (Å²) in [4.78, 5) is 46.1. The molecule has 118 valence electrons. The summed E-state index contributed by atoms with van der Waals surface area (Å²) < 4.78 is 9.14. The Bertz CT molecular complexity index is 420. The van der Waals surface area contributed by atoms with Gasteiger partial charge in [0.2, 0.25) is 5.91 Å². The van der Waals surface area contributed by atoms with Gasteiger partial charge < -0.3 is 14.8 Å². The Kier molecular flexibility index (Phi) is 6.84. The summed E-state index contributed by atoms with van der Waals surface area (Å²) >= 11 is 0. The van der Waals surface area contributed by atoms with Crippen molar-refractivity contribution in [1.29, 1.82) is 0 Å². The van der Waals surface area contributed by atoms with Crippen LogP contribution in [0.3, 0.4) is 0 Å². The first kappa shape index (κ1) is 17.1. The second kappa shape index (κ2) is 8.39. The van der Waals surface area contributed by atoms with E-state index >= 15 is 0 Å². The van der Waals surface area contributed by atoms with Crippen molar-refractivity contribution in [1.82, 2.24) is 5.32 Å². The standard InChI is InChI=1S/C14H21NO6/c1-20-12(18)7-6-11(17)15-13(14(19)21-2)9-4-3-5-10(16)8-9/h9,13H,3-8H2,1-2H3,(H,15,17)/t9-,13-/m1/s1. The van der Waals surface area contributed by atoms with E-state index in [4.69, 9.17) is 4.74 Å². The Hall–Kier alpha value is -1.92. The van der Waals surface area contributed by atoms with Crippen molar-refractivity contribution in [3.8, 4) is 0 Å². The number of ketones is 1. The molecule has 7 nitrogen and oxygen atoms in total. The van der Waals surface area contributed by atoms with E-state index in [1.807, 2.05) is 0 Å². The first-order valence-corrected chi connectivity index (χ1v) is 6.93. The molecule has 0 heterocycles. The van der Waals surface area contributed by atoms with Gasteiger partial charge in [-0.25, -0.2) is 4.79 Å². The maximum absolute atomic E-state index is 11.8. The summed E-state index contributed by atoms with van der Waals surface area (Å²) in [6, 6.07) is -0.843. The minimum Gasteiger partial charge on any atom is -0.469 e. The van der Waals surface area contributed by atoms with E-state index in [-0.39, 0.29) is 31.0 Å². The fourth-order valence-electron chi connectivity index (χ4n) is 2.40. The van der Waals surface area contributed by atoms with E-state index in [1.54, 1.807) is 0 Å². The topological polar surface area (TPSA) is 98.8 Å². The minimum atomic E-state index is -0.843. The van der Waals surface area contributed by atoms with Gasteiger partial charge in [-0.1, -0.05) is 0 Å². The predicted molar refractivity (Wildman–Crippen MR) is 72.2 cm³/mol. The molecule has 0 radical (unpaired) electrons. The van der Waals surface area contributed by atoms with Gasteiger partial charge in [0.1, 0.15) is 11.8 Å². The zero-order valence-corrected chi connectivity index (χ0v) is 12.3. The molecule has 0 aromatic carbocycles. The van der Waals surface area contributed by atoms with Crippen LogP contribution in [0.4, 0.5) is 0 Å². The molecule has 0 spiro atoms. The molecule has 21 heavy (non-hydrogen) atoms. The van der Waals surface area contributed by atoms with Gasteiger partial charge in [0.15, 0.2) is 0 Å². The van der Waals surface area contributed by atoms with E-state index in [9.17, 15) is 19.2 Å². The molecule has 1 aliphatic carbocycles. The molecule has 1 rings (SSSR count). The first-order valence-electron chi connectivity index (χ1n) is 6.93. The fraction of sp³-hybridized carbons (Fsp3) is 0.714. The molecule has 1 amide bonds. The van der Waals surface area contributed by atoms with E-state index in [0.717, 1.165) is 0 Å². The largest absolute Gasteiger partial charge is 0.469 e. The zero-order valence-electron chi connectivity index (χ0n) is 12.3. The molecule has 0 saturated heterocycles. The lowest BCUT2D eigenvalue weighted by molar-refractivity contribution is -0.147. The van der Waals surface area contributed by atoms with Gasteiger partial charge in [0.05, 0.1) is 20.6 Å². The summed E-state index contributed by atoms with van der Waals surface area (Å²) in [5, 5.41) is 2.56. The van der Waals surface area contributed by atoms with E-state index < -0.39 is 23.9 Å². The molecule has 2 atom stereocenters. The van der Waals surface area contributed by atoms with E-state index in [1.165, 1.54) is 14.2 Å². The highest BCUT2D eigenvalue weighted by molar-refractivity contribution is 5.87. The Balaban J connectivity index is 2.61. The van der Waals surface area contributed by atoms with Crippen LogP contribution < -0.4 is 5.32 Å². The SMILES string of the molecule is COC(=O)CCC(=O)N[C@@H](C(=O)OC)[C@@H]1CCCC(=O)C1. The van der Waals surface area contributed by atoms with Crippen molar-refractivity contribution >= 4 is 23.6 Å². The number of carbonyl (C=O) groups excluding carboxylic acids is 4. The molecule has 0 aromatic rings. The number of hydrogen-bond acceptors (Lipinski definition) is 6. The Morgan fingerprint density at radius 2 is 1.95 bits per heavy atom. The average Bonchev–Trinajstić information content (AvgIpc) is 2.49. The van der Waals surface area contributed by atoms with Crippen LogP contribution in [0, 0.1) is 5.92 Å². The van der Waals surface area contributed by atoms with Gasteiger partial charge >= 0.3 is 11.9 Å². The quantitative estimate of drug-likeness (QED) is 0.711.